The van der Waals surface area contributed by atoms with Gasteiger partial charge < -0.3 is 9.88 Å². The fraction of sp³-hybridized carbons (Fsp3) is 0.400. The van der Waals surface area contributed by atoms with Crippen LogP contribution < -0.4 is 0 Å². The number of rotatable bonds is 2. The van der Waals surface area contributed by atoms with Gasteiger partial charge >= 0.3 is 0 Å². The standard InChI is InChI=1S/C15H16N2O4S/c1-22(19,20)21-12-8-13(18)17-7-6-10-9-4-2-3-5-11(9)16-14(10)15(12)17/h2-5,12,15-16H,6-8H2,1H3/t12-,15-/m1/s1. The summed E-state index contributed by atoms with van der Waals surface area (Å²) in [5.74, 6) is -0.0528. The zero-order chi connectivity index (χ0) is 15.5. The van der Waals surface area contributed by atoms with Gasteiger partial charge in [0.25, 0.3) is 10.1 Å². The van der Waals surface area contributed by atoms with Crippen molar-refractivity contribution in [2.24, 2.45) is 0 Å². The first-order valence-corrected chi connectivity index (χ1v) is 9.03. The van der Waals surface area contributed by atoms with E-state index < -0.39 is 16.2 Å². The Bertz CT molecular complexity index is 871. The second kappa shape index (κ2) is 4.57. The number of carbonyl (C=O) groups is 1. The van der Waals surface area contributed by atoms with Crippen LogP contribution in [-0.2, 0) is 25.5 Å². The molecule has 2 aliphatic heterocycles. The van der Waals surface area contributed by atoms with Gasteiger partial charge in [0.1, 0.15) is 12.1 Å². The highest BCUT2D eigenvalue weighted by molar-refractivity contribution is 7.86. The van der Waals surface area contributed by atoms with Gasteiger partial charge in [-0.3, -0.25) is 8.98 Å². The third-order valence-electron chi connectivity index (χ3n) is 4.43. The predicted octanol–water partition coefficient (Wildman–Crippen LogP) is 1.34. The number of H-pyrrole nitrogens is 1. The maximum Gasteiger partial charge on any atom is 0.264 e. The number of hydrogen-bond donors (Lipinski definition) is 1. The van der Waals surface area contributed by atoms with Gasteiger partial charge in [0.15, 0.2) is 0 Å². The largest absolute Gasteiger partial charge is 0.356 e. The van der Waals surface area contributed by atoms with Crippen LogP contribution in [0.5, 0.6) is 0 Å². The van der Waals surface area contributed by atoms with E-state index in [-0.39, 0.29) is 18.4 Å². The zero-order valence-corrected chi connectivity index (χ0v) is 12.9. The summed E-state index contributed by atoms with van der Waals surface area (Å²) < 4.78 is 28.2. The molecule has 1 N–H and O–H groups in total. The molecule has 2 atom stereocenters. The van der Waals surface area contributed by atoms with E-state index in [2.05, 4.69) is 4.98 Å². The highest BCUT2D eigenvalue weighted by atomic mass is 32.2. The first-order valence-electron chi connectivity index (χ1n) is 7.21. The number of para-hydroxylation sites is 1. The molecule has 6 nitrogen and oxygen atoms in total. The van der Waals surface area contributed by atoms with Crippen LogP contribution >= 0.6 is 0 Å². The number of benzene rings is 1. The summed E-state index contributed by atoms with van der Waals surface area (Å²) in [6.45, 7) is 0.599. The molecule has 1 aromatic heterocycles. The Hall–Kier alpha value is -1.86. The van der Waals surface area contributed by atoms with Gasteiger partial charge in [-0.1, -0.05) is 18.2 Å². The fourth-order valence-corrected chi connectivity index (χ4v) is 4.27. The normalized spacial score (nSPS) is 24.6. The van der Waals surface area contributed by atoms with E-state index in [0.717, 1.165) is 34.8 Å². The molecular weight excluding hydrogens is 304 g/mol. The van der Waals surface area contributed by atoms with Crippen molar-refractivity contribution < 1.29 is 17.4 Å². The Morgan fingerprint density at radius 1 is 1.32 bits per heavy atom. The molecule has 0 aliphatic carbocycles. The number of nitrogens with one attached hydrogen (secondary N) is 1. The van der Waals surface area contributed by atoms with Crippen LogP contribution in [0.15, 0.2) is 24.3 Å². The molecule has 0 spiro atoms. The lowest BCUT2D eigenvalue weighted by atomic mass is 9.96. The minimum Gasteiger partial charge on any atom is -0.356 e. The molecule has 1 aromatic carbocycles. The van der Waals surface area contributed by atoms with Crippen LogP contribution in [0.25, 0.3) is 10.9 Å². The summed E-state index contributed by atoms with van der Waals surface area (Å²) in [4.78, 5) is 17.3. The number of aromatic nitrogens is 1. The topological polar surface area (TPSA) is 79.5 Å². The summed E-state index contributed by atoms with van der Waals surface area (Å²) in [5, 5.41) is 1.13. The smallest absolute Gasteiger partial charge is 0.264 e. The van der Waals surface area contributed by atoms with E-state index in [9.17, 15) is 13.2 Å². The van der Waals surface area contributed by atoms with Gasteiger partial charge in [-0.2, -0.15) is 8.42 Å². The lowest BCUT2D eigenvalue weighted by Crippen LogP contribution is -2.37. The summed E-state index contributed by atoms with van der Waals surface area (Å²) >= 11 is 0. The number of nitrogens with zero attached hydrogens (tertiary/aromatic N) is 1. The second-order valence-corrected chi connectivity index (χ2v) is 7.49. The number of amides is 1. The van der Waals surface area contributed by atoms with Gasteiger partial charge in [-0.05, 0) is 18.1 Å². The van der Waals surface area contributed by atoms with E-state index in [4.69, 9.17) is 4.18 Å². The van der Waals surface area contributed by atoms with E-state index in [1.54, 1.807) is 4.90 Å². The molecule has 2 aliphatic rings. The molecule has 0 saturated carbocycles. The Morgan fingerprint density at radius 2 is 2.09 bits per heavy atom. The van der Waals surface area contributed by atoms with E-state index in [1.807, 2.05) is 24.3 Å². The zero-order valence-electron chi connectivity index (χ0n) is 12.1. The van der Waals surface area contributed by atoms with Crippen molar-refractivity contribution in [2.75, 3.05) is 12.8 Å². The van der Waals surface area contributed by atoms with Crippen molar-refractivity contribution in [1.82, 2.24) is 9.88 Å². The van der Waals surface area contributed by atoms with Crippen LogP contribution in [0.4, 0.5) is 0 Å². The van der Waals surface area contributed by atoms with Crippen molar-refractivity contribution in [3.63, 3.8) is 0 Å². The van der Waals surface area contributed by atoms with Gasteiger partial charge in [0, 0.05) is 23.1 Å². The maximum absolute atomic E-state index is 12.2. The third kappa shape index (κ3) is 2.04. The summed E-state index contributed by atoms with van der Waals surface area (Å²) in [5.41, 5.74) is 3.08. The summed E-state index contributed by atoms with van der Waals surface area (Å²) in [6, 6.07) is 7.61. The van der Waals surface area contributed by atoms with Gasteiger partial charge in [-0.25, -0.2) is 0 Å². The predicted molar refractivity (Wildman–Crippen MR) is 80.8 cm³/mol. The first kappa shape index (κ1) is 13.8. The van der Waals surface area contributed by atoms with Crippen molar-refractivity contribution in [3.05, 3.63) is 35.5 Å². The summed E-state index contributed by atoms with van der Waals surface area (Å²) in [6.07, 6.45) is 1.24. The fourth-order valence-electron chi connectivity index (χ4n) is 3.65. The van der Waals surface area contributed by atoms with Crippen molar-refractivity contribution in [1.29, 1.82) is 0 Å². The molecule has 0 unspecified atom stereocenters. The Labute approximate surface area is 128 Å². The number of carbonyl (C=O) groups excluding carboxylic acids is 1. The number of fused-ring (bicyclic) bond motifs is 5. The molecule has 116 valence electrons. The minimum atomic E-state index is -3.61. The summed E-state index contributed by atoms with van der Waals surface area (Å²) in [7, 11) is -3.61. The quantitative estimate of drug-likeness (QED) is 0.847. The monoisotopic (exact) mass is 320 g/mol. The van der Waals surface area contributed by atoms with Gasteiger partial charge in [0.2, 0.25) is 5.91 Å². The van der Waals surface area contributed by atoms with Crippen LogP contribution in [0.2, 0.25) is 0 Å². The Balaban J connectivity index is 1.84. The minimum absolute atomic E-state index is 0.0528. The molecule has 7 heteroatoms. The molecule has 3 heterocycles. The van der Waals surface area contributed by atoms with E-state index >= 15 is 0 Å². The molecule has 22 heavy (non-hydrogen) atoms. The molecule has 0 bridgehead atoms. The van der Waals surface area contributed by atoms with Crippen molar-refractivity contribution in [3.8, 4) is 0 Å². The first-order chi connectivity index (χ1) is 10.4. The van der Waals surface area contributed by atoms with Crippen molar-refractivity contribution >= 4 is 26.9 Å². The molecule has 1 amide bonds. The molecule has 2 aromatic rings. The van der Waals surface area contributed by atoms with Crippen LogP contribution in [0, 0.1) is 0 Å². The van der Waals surface area contributed by atoms with Crippen LogP contribution in [0.1, 0.15) is 23.7 Å². The van der Waals surface area contributed by atoms with Gasteiger partial charge in [0.05, 0.1) is 12.7 Å². The third-order valence-corrected chi connectivity index (χ3v) is 5.02. The van der Waals surface area contributed by atoms with Gasteiger partial charge in [-0.15, -0.1) is 0 Å². The molecule has 4 rings (SSSR count). The highest BCUT2D eigenvalue weighted by Gasteiger charge is 2.46. The van der Waals surface area contributed by atoms with Crippen LogP contribution in [0.3, 0.4) is 0 Å². The number of aromatic amines is 1. The van der Waals surface area contributed by atoms with E-state index in [0.29, 0.717) is 6.54 Å². The maximum atomic E-state index is 12.2. The highest BCUT2D eigenvalue weighted by Crippen LogP contribution is 2.42. The Kier molecular flexibility index (Phi) is 2.86. The number of hydrogen-bond acceptors (Lipinski definition) is 4. The molecule has 1 saturated heterocycles. The lowest BCUT2D eigenvalue weighted by Gasteiger charge is -2.32. The Morgan fingerprint density at radius 3 is 2.86 bits per heavy atom. The average molecular weight is 320 g/mol. The molecule has 0 radical (unpaired) electrons. The molecule has 1 fully saturated rings. The molecular formula is C15H16N2O4S. The van der Waals surface area contributed by atoms with Crippen molar-refractivity contribution in [2.45, 2.75) is 25.0 Å². The average Bonchev–Trinajstić information content (AvgIpc) is 2.95. The van der Waals surface area contributed by atoms with E-state index in [1.165, 1.54) is 0 Å². The second-order valence-electron chi connectivity index (χ2n) is 5.89. The lowest BCUT2D eigenvalue weighted by molar-refractivity contribution is -0.129. The van der Waals surface area contributed by atoms with Crippen LogP contribution in [-0.4, -0.2) is 43.1 Å². The SMILES string of the molecule is CS(=O)(=O)O[C@@H]1CC(=O)N2CCc3c([nH]c4ccccc34)[C@@H]12.